The predicted molar refractivity (Wildman–Crippen MR) is 70.2 cm³/mol. The second-order valence-electron chi connectivity index (χ2n) is 4.06. The molecule has 0 aliphatic heterocycles. The van der Waals surface area contributed by atoms with Crippen molar-refractivity contribution in [3.63, 3.8) is 0 Å². The second-order valence-corrected chi connectivity index (χ2v) is 4.06. The fourth-order valence-electron chi connectivity index (χ4n) is 1.66. The summed E-state index contributed by atoms with van der Waals surface area (Å²) in [7, 11) is 0. The Morgan fingerprint density at radius 3 is 2.38 bits per heavy atom. The Kier molecular flexibility index (Phi) is 4.47. The normalized spacial score (nSPS) is 10.6. The van der Waals surface area contributed by atoms with Crippen LogP contribution in [0.1, 0.15) is 27.7 Å². The SMILES string of the molecule is CCN(CC)c1ccc(N)c(OC(C)C)c1. The summed E-state index contributed by atoms with van der Waals surface area (Å²) in [5, 5.41) is 0. The molecule has 2 N–H and O–H groups in total. The summed E-state index contributed by atoms with van der Waals surface area (Å²) in [6.07, 6.45) is 0.147. The van der Waals surface area contributed by atoms with Crippen molar-refractivity contribution in [2.24, 2.45) is 0 Å². The second kappa shape index (κ2) is 5.64. The van der Waals surface area contributed by atoms with Gasteiger partial charge < -0.3 is 15.4 Å². The van der Waals surface area contributed by atoms with Gasteiger partial charge in [-0.1, -0.05) is 0 Å². The van der Waals surface area contributed by atoms with Gasteiger partial charge in [-0.15, -0.1) is 0 Å². The van der Waals surface area contributed by atoms with Crippen LogP contribution in [0.15, 0.2) is 18.2 Å². The number of nitrogens with two attached hydrogens (primary N) is 1. The van der Waals surface area contributed by atoms with Gasteiger partial charge in [0, 0.05) is 24.8 Å². The third kappa shape index (κ3) is 3.05. The topological polar surface area (TPSA) is 38.5 Å². The van der Waals surface area contributed by atoms with E-state index in [-0.39, 0.29) is 6.10 Å². The van der Waals surface area contributed by atoms with Gasteiger partial charge in [-0.25, -0.2) is 0 Å². The van der Waals surface area contributed by atoms with E-state index in [1.807, 2.05) is 32.0 Å². The number of anilines is 2. The van der Waals surface area contributed by atoms with Crippen LogP contribution in [0.25, 0.3) is 0 Å². The summed E-state index contributed by atoms with van der Waals surface area (Å²) in [6.45, 7) is 10.3. The summed E-state index contributed by atoms with van der Waals surface area (Å²) in [6, 6.07) is 5.96. The number of nitrogens with zero attached hydrogens (tertiary/aromatic N) is 1. The van der Waals surface area contributed by atoms with Crippen LogP contribution in [-0.4, -0.2) is 19.2 Å². The minimum Gasteiger partial charge on any atom is -0.489 e. The molecule has 0 heterocycles. The highest BCUT2D eigenvalue weighted by atomic mass is 16.5. The van der Waals surface area contributed by atoms with Crippen LogP contribution in [-0.2, 0) is 0 Å². The molecule has 0 aliphatic carbocycles. The first-order valence-corrected chi connectivity index (χ1v) is 5.89. The van der Waals surface area contributed by atoms with E-state index in [1.54, 1.807) is 0 Å². The fraction of sp³-hybridized carbons (Fsp3) is 0.538. The van der Waals surface area contributed by atoms with Crippen molar-refractivity contribution < 1.29 is 4.74 Å². The van der Waals surface area contributed by atoms with Crippen LogP contribution in [0.3, 0.4) is 0 Å². The molecule has 0 saturated carbocycles. The lowest BCUT2D eigenvalue weighted by atomic mass is 10.2. The zero-order chi connectivity index (χ0) is 12.1. The zero-order valence-electron chi connectivity index (χ0n) is 10.7. The molecule has 16 heavy (non-hydrogen) atoms. The highest BCUT2D eigenvalue weighted by molar-refractivity contribution is 5.62. The summed E-state index contributed by atoms with van der Waals surface area (Å²) < 4.78 is 5.67. The molecule has 0 saturated heterocycles. The number of hydrogen-bond acceptors (Lipinski definition) is 3. The van der Waals surface area contributed by atoms with Crippen LogP contribution in [0.5, 0.6) is 5.75 Å². The van der Waals surface area contributed by atoms with E-state index < -0.39 is 0 Å². The molecule has 0 aromatic heterocycles. The standard InChI is InChI=1S/C13H22N2O/c1-5-15(6-2)11-7-8-12(14)13(9-11)16-10(3)4/h7-10H,5-6,14H2,1-4H3. The maximum Gasteiger partial charge on any atom is 0.144 e. The molecule has 0 radical (unpaired) electrons. The zero-order valence-corrected chi connectivity index (χ0v) is 10.7. The monoisotopic (exact) mass is 222 g/mol. The van der Waals surface area contributed by atoms with E-state index in [1.165, 1.54) is 0 Å². The largest absolute Gasteiger partial charge is 0.489 e. The molecule has 0 aliphatic rings. The van der Waals surface area contributed by atoms with Crippen molar-refractivity contribution >= 4 is 11.4 Å². The Morgan fingerprint density at radius 2 is 1.88 bits per heavy atom. The molecular weight excluding hydrogens is 200 g/mol. The molecule has 0 fully saturated rings. The van der Waals surface area contributed by atoms with Gasteiger partial charge in [-0.2, -0.15) is 0 Å². The number of benzene rings is 1. The lowest BCUT2D eigenvalue weighted by Crippen LogP contribution is -2.22. The van der Waals surface area contributed by atoms with E-state index in [9.17, 15) is 0 Å². The minimum atomic E-state index is 0.147. The van der Waals surface area contributed by atoms with Gasteiger partial charge in [0.2, 0.25) is 0 Å². The van der Waals surface area contributed by atoms with E-state index in [0.29, 0.717) is 5.69 Å². The van der Waals surface area contributed by atoms with Crippen molar-refractivity contribution in [2.75, 3.05) is 23.7 Å². The Bertz CT molecular complexity index is 333. The molecule has 0 amide bonds. The minimum absolute atomic E-state index is 0.147. The molecule has 0 atom stereocenters. The summed E-state index contributed by atoms with van der Waals surface area (Å²) in [5.74, 6) is 0.777. The molecule has 0 spiro atoms. The number of ether oxygens (including phenoxy) is 1. The lowest BCUT2D eigenvalue weighted by Gasteiger charge is -2.22. The first-order chi connectivity index (χ1) is 7.58. The van der Waals surface area contributed by atoms with Crippen molar-refractivity contribution in [2.45, 2.75) is 33.8 Å². The van der Waals surface area contributed by atoms with E-state index >= 15 is 0 Å². The van der Waals surface area contributed by atoms with Gasteiger partial charge in [0.25, 0.3) is 0 Å². The van der Waals surface area contributed by atoms with Crippen LogP contribution in [0, 0.1) is 0 Å². The molecule has 3 heteroatoms. The number of nitrogen functional groups attached to an aromatic ring is 1. The third-order valence-corrected chi connectivity index (χ3v) is 2.49. The van der Waals surface area contributed by atoms with Crippen molar-refractivity contribution in [3.8, 4) is 5.75 Å². The number of hydrogen-bond donors (Lipinski definition) is 1. The first kappa shape index (κ1) is 12.7. The molecule has 1 aromatic carbocycles. The summed E-state index contributed by atoms with van der Waals surface area (Å²) in [5.41, 5.74) is 7.74. The van der Waals surface area contributed by atoms with Crippen molar-refractivity contribution in [1.29, 1.82) is 0 Å². The molecule has 0 unspecified atom stereocenters. The Hall–Kier alpha value is -1.38. The molecule has 90 valence electrons. The van der Waals surface area contributed by atoms with Crippen molar-refractivity contribution in [1.82, 2.24) is 0 Å². The average Bonchev–Trinajstić information content (AvgIpc) is 2.23. The third-order valence-electron chi connectivity index (χ3n) is 2.49. The maximum atomic E-state index is 5.88. The van der Waals surface area contributed by atoms with Crippen LogP contribution >= 0.6 is 0 Å². The molecular formula is C13H22N2O. The Balaban J connectivity index is 2.96. The lowest BCUT2D eigenvalue weighted by molar-refractivity contribution is 0.244. The summed E-state index contributed by atoms with van der Waals surface area (Å²) in [4.78, 5) is 2.27. The highest BCUT2D eigenvalue weighted by Crippen LogP contribution is 2.28. The number of rotatable bonds is 5. The van der Waals surface area contributed by atoms with Gasteiger partial charge in [0.15, 0.2) is 0 Å². The fourth-order valence-corrected chi connectivity index (χ4v) is 1.66. The van der Waals surface area contributed by atoms with Gasteiger partial charge in [0.1, 0.15) is 5.75 Å². The van der Waals surface area contributed by atoms with Crippen LogP contribution in [0.2, 0.25) is 0 Å². The van der Waals surface area contributed by atoms with E-state index in [0.717, 1.165) is 24.5 Å². The molecule has 3 nitrogen and oxygen atoms in total. The molecule has 1 aromatic rings. The maximum absolute atomic E-state index is 5.88. The average molecular weight is 222 g/mol. The van der Waals surface area contributed by atoms with E-state index in [4.69, 9.17) is 10.5 Å². The van der Waals surface area contributed by atoms with Gasteiger partial charge >= 0.3 is 0 Å². The first-order valence-electron chi connectivity index (χ1n) is 5.89. The smallest absolute Gasteiger partial charge is 0.144 e. The highest BCUT2D eigenvalue weighted by Gasteiger charge is 2.07. The molecule has 1 rings (SSSR count). The summed E-state index contributed by atoms with van der Waals surface area (Å²) >= 11 is 0. The van der Waals surface area contributed by atoms with Gasteiger partial charge in [-0.3, -0.25) is 0 Å². The van der Waals surface area contributed by atoms with Gasteiger partial charge in [0.05, 0.1) is 11.8 Å². The Labute approximate surface area is 98.2 Å². The molecule has 0 bridgehead atoms. The van der Waals surface area contributed by atoms with Crippen LogP contribution < -0.4 is 15.4 Å². The van der Waals surface area contributed by atoms with E-state index in [2.05, 4.69) is 18.7 Å². The predicted octanol–water partition coefficient (Wildman–Crippen LogP) is 2.90. The van der Waals surface area contributed by atoms with Crippen LogP contribution in [0.4, 0.5) is 11.4 Å². The van der Waals surface area contributed by atoms with Crippen molar-refractivity contribution in [3.05, 3.63) is 18.2 Å². The van der Waals surface area contributed by atoms with Gasteiger partial charge in [-0.05, 0) is 39.8 Å². The quantitative estimate of drug-likeness (QED) is 0.778. The Morgan fingerprint density at radius 1 is 1.25 bits per heavy atom.